The van der Waals surface area contributed by atoms with Crippen LogP contribution in [0.4, 0.5) is 10.5 Å². The number of imide groups is 1. The summed E-state index contributed by atoms with van der Waals surface area (Å²) in [6.07, 6.45) is 3.26. The van der Waals surface area contributed by atoms with Crippen molar-refractivity contribution in [3.63, 3.8) is 0 Å². The van der Waals surface area contributed by atoms with Crippen LogP contribution < -0.4 is 0 Å². The van der Waals surface area contributed by atoms with Crippen LogP contribution in [0.5, 0.6) is 0 Å². The number of benzene rings is 1. The smallest absolute Gasteiger partial charge is 0.294 e. The van der Waals surface area contributed by atoms with E-state index in [4.69, 9.17) is 4.42 Å². The molecule has 4 rings (SSSR count). The highest BCUT2D eigenvalue weighted by atomic mass is 32.2. The van der Waals surface area contributed by atoms with Crippen LogP contribution in [-0.2, 0) is 9.59 Å². The van der Waals surface area contributed by atoms with Gasteiger partial charge in [-0.05, 0) is 55.3 Å². The normalized spacial score (nSPS) is 17.8. The lowest BCUT2D eigenvalue weighted by atomic mass is 10.1. The highest BCUT2D eigenvalue weighted by Gasteiger charge is 2.37. The number of furan rings is 1. The van der Waals surface area contributed by atoms with E-state index >= 15 is 0 Å². The lowest BCUT2D eigenvalue weighted by molar-refractivity contribution is -0.384. The predicted molar refractivity (Wildman–Crippen MR) is 114 cm³/mol. The minimum Gasteiger partial charge on any atom is -0.456 e. The Balaban J connectivity index is 1.53. The van der Waals surface area contributed by atoms with Crippen molar-refractivity contribution in [1.82, 2.24) is 9.80 Å². The largest absolute Gasteiger partial charge is 0.456 e. The molecule has 9 nitrogen and oxygen atoms in total. The van der Waals surface area contributed by atoms with Crippen molar-refractivity contribution in [2.45, 2.75) is 19.8 Å². The molecule has 0 radical (unpaired) electrons. The van der Waals surface area contributed by atoms with Crippen LogP contribution in [0.25, 0.3) is 17.4 Å². The lowest BCUT2D eigenvalue weighted by Crippen LogP contribution is -2.40. The summed E-state index contributed by atoms with van der Waals surface area (Å²) in [5, 5.41) is 10.9. The monoisotopic (exact) mass is 441 g/mol. The van der Waals surface area contributed by atoms with Crippen LogP contribution in [-0.4, -0.2) is 51.4 Å². The number of thioether (sulfide) groups is 1. The van der Waals surface area contributed by atoms with Crippen molar-refractivity contribution in [2.24, 2.45) is 0 Å². The number of nitro groups is 1. The Labute approximate surface area is 181 Å². The first-order chi connectivity index (χ1) is 14.8. The fraction of sp³-hybridized carbons (Fsp3) is 0.286. The van der Waals surface area contributed by atoms with Crippen molar-refractivity contribution in [2.75, 3.05) is 19.6 Å². The quantitative estimate of drug-likeness (QED) is 0.394. The average Bonchev–Trinajstić information content (AvgIpc) is 3.47. The molecule has 3 heterocycles. The average molecular weight is 441 g/mol. The van der Waals surface area contributed by atoms with Crippen LogP contribution in [0.2, 0.25) is 0 Å². The van der Waals surface area contributed by atoms with Crippen molar-refractivity contribution in [3.8, 4) is 11.3 Å². The molecular formula is C21H19N3O6S. The van der Waals surface area contributed by atoms with Crippen molar-refractivity contribution in [1.29, 1.82) is 0 Å². The molecule has 0 saturated carbocycles. The third-order valence-electron chi connectivity index (χ3n) is 5.14. The van der Waals surface area contributed by atoms with E-state index in [0.717, 1.165) is 35.1 Å². The van der Waals surface area contributed by atoms with Crippen LogP contribution in [0.3, 0.4) is 0 Å². The Hall–Kier alpha value is -3.40. The molecule has 1 aromatic heterocycles. The zero-order chi connectivity index (χ0) is 22.1. The molecule has 2 aliphatic heterocycles. The molecule has 0 atom stereocenters. The minimum atomic E-state index is -0.554. The number of nitro benzene ring substituents is 1. The number of likely N-dealkylation sites (tertiary alicyclic amines) is 1. The summed E-state index contributed by atoms with van der Waals surface area (Å²) in [6, 6.07) is 7.95. The molecule has 2 aliphatic rings. The summed E-state index contributed by atoms with van der Waals surface area (Å²) in [6.45, 7) is 2.77. The number of aryl methyl sites for hydroxylation is 1. The van der Waals surface area contributed by atoms with Gasteiger partial charge in [0.25, 0.3) is 16.8 Å². The van der Waals surface area contributed by atoms with Gasteiger partial charge >= 0.3 is 0 Å². The SMILES string of the molecule is Cc1ccc(-c2ccc(/C=C3/SC(=O)N(CC(=O)N4CCCC4)C3=O)o2)c([N+](=O)[O-])c1. The van der Waals surface area contributed by atoms with Gasteiger partial charge in [-0.2, -0.15) is 0 Å². The van der Waals surface area contributed by atoms with Gasteiger partial charge in [0, 0.05) is 25.2 Å². The minimum absolute atomic E-state index is 0.0818. The van der Waals surface area contributed by atoms with E-state index in [2.05, 4.69) is 0 Å². The molecule has 0 unspecified atom stereocenters. The van der Waals surface area contributed by atoms with Gasteiger partial charge in [0.05, 0.1) is 15.4 Å². The molecule has 160 valence electrons. The Morgan fingerprint density at radius 1 is 1.23 bits per heavy atom. The molecular weight excluding hydrogens is 422 g/mol. The summed E-state index contributed by atoms with van der Waals surface area (Å²) in [4.78, 5) is 50.8. The van der Waals surface area contributed by atoms with E-state index in [1.807, 2.05) is 0 Å². The number of rotatable bonds is 5. The molecule has 0 N–H and O–H groups in total. The molecule has 2 saturated heterocycles. The van der Waals surface area contributed by atoms with Crippen molar-refractivity contribution < 1.29 is 23.7 Å². The number of hydrogen-bond acceptors (Lipinski definition) is 7. The second kappa shape index (κ2) is 8.38. The predicted octanol–water partition coefficient (Wildman–Crippen LogP) is 3.82. The highest BCUT2D eigenvalue weighted by molar-refractivity contribution is 8.18. The maximum Gasteiger partial charge on any atom is 0.294 e. The molecule has 10 heteroatoms. The first-order valence-corrected chi connectivity index (χ1v) is 10.5. The van der Waals surface area contributed by atoms with E-state index < -0.39 is 16.1 Å². The summed E-state index contributed by atoms with van der Waals surface area (Å²) >= 11 is 0.736. The van der Waals surface area contributed by atoms with Crippen molar-refractivity contribution >= 4 is 40.6 Å². The standard InChI is InChI=1S/C21H19N3O6S/c1-13-4-6-15(16(10-13)24(28)29)17-7-5-14(30-17)11-18-20(26)23(21(27)31-18)12-19(25)22-8-2-3-9-22/h4-7,10-11H,2-3,8-9,12H2,1H3/b18-11+. The maximum absolute atomic E-state index is 12.6. The number of hydrogen-bond donors (Lipinski definition) is 0. The first kappa shape index (κ1) is 20.9. The van der Waals surface area contributed by atoms with Gasteiger partial charge in [0.2, 0.25) is 5.91 Å². The van der Waals surface area contributed by atoms with Gasteiger partial charge in [0.1, 0.15) is 18.1 Å². The zero-order valence-corrected chi connectivity index (χ0v) is 17.5. The molecule has 1 aromatic carbocycles. The Morgan fingerprint density at radius 2 is 1.97 bits per heavy atom. The zero-order valence-electron chi connectivity index (χ0n) is 16.7. The number of amides is 3. The van der Waals surface area contributed by atoms with Crippen LogP contribution in [0.15, 0.2) is 39.7 Å². The number of nitrogens with zero attached hydrogens (tertiary/aromatic N) is 3. The van der Waals surface area contributed by atoms with Gasteiger partial charge in [0.15, 0.2) is 0 Å². The van der Waals surface area contributed by atoms with Gasteiger partial charge in [-0.1, -0.05) is 6.07 Å². The third kappa shape index (κ3) is 4.24. The van der Waals surface area contributed by atoms with Crippen LogP contribution >= 0.6 is 11.8 Å². The summed E-state index contributed by atoms with van der Waals surface area (Å²) in [5.74, 6) is -0.238. The fourth-order valence-corrected chi connectivity index (χ4v) is 4.36. The molecule has 0 aliphatic carbocycles. The van der Waals surface area contributed by atoms with Crippen molar-refractivity contribution in [3.05, 3.63) is 56.7 Å². The Morgan fingerprint density at radius 3 is 2.68 bits per heavy atom. The second-order valence-electron chi connectivity index (χ2n) is 7.34. The second-order valence-corrected chi connectivity index (χ2v) is 8.33. The van der Waals surface area contributed by atoms with Gasteiger partial charge in [-0.25, -0.2) is 0 Å². The van der Waals surface area contributed by atoms with E-state index in [-0.39, 0.29) is 34.6 Å². The Kier molecular flexibility index (Phi) is 5.64. The first-order valence-electron chi connectivity index (χ1n) is 9.72. The summed E-state index contributed by atoms with van der Waals surface area (Å²) < 4.78 is 5.69. The Bertz CT molecular complexity index is 1120. The molecule has 31 heavy (non-hydrogen) atoms. The molecule has 3 amide bonds. The summed E-state index contributed by atoms with van der Waals surface area (Å²) in [5.41, 5.74) is 0.987. The van der Waals surface area contributed by atoms with Crippen LogP contribution in [0, 0.1) is 17.0 Å². The molecule has 2 aromatic rings. The van der Waals surface area contributed by atoms with Crippen LogP contribution in [0.1, 0.15) is 24.2 Å². The van der Waals surface area contributed by atoms with E-state index in [1.54, 1.807) is 36.1 Å². The third-order valence-corrected chi connectivity index (χ3v) is 6.05. The number of carbonyl (C=O) groups is 3. The fourth-order valence-electron chi connectivity index (χ4n) is 3.54. The topological polar surface area (TPSA) is 114 Å². The summed E-state index contributed by atoms with van der Waals surface area (Å²) in [7, 11) is 0. The number of carbonyl (C=O) groups excluding carboxylic acids is 3. The molecule has 0 spiro atoms. The van der Waals surface area contributed by atoms with Gasteiger partial charge in [-0.3, -0.25) is 29.4 Å². The maximum atomic E-state index is 12.6. The lowest BCUT2D eigenvalue weighted by Gasteiger charge is -2.18. The van der Waals surface area contributed by atoms with E-state index in [0.29, 0.717) is 18.7 Å². The molecule has 2 fully saturated rings. The van der Waals surface area contributed by atoms with E-state index in [1.165, 1.54) is 12.1 Å². The van der Waals surface area contributed by atoms with Gasteiger partial charge < -0.3 is 9.32 Å². The van der Waals surface area contributed by atoms with E-state index in [9.17, 15) is 24.5 Å². The molecule has 0 bridgehead atoms. The van der Waals surface area contributed by atoms with Gasteiger partial charge in [-0.15, -0.1) is 0 Å². The highest BCUT2D eigenvalue weighted by Crippen LogP contribution is 2.35.